The van der Waals surface area contributed by atoms with Gasteiger partial charge in [0.15, 0.2) is 5.78 Å². The molecule has 0 fully saturated rings. The van der Waals surface area contributed by atoms with Gasteiger partial charge in [-0.15, -0.1) is 0 Å². The minimum absolute atomic E-state index is 0.0342. The number of Topliss-reactive ketones (excluding diaryl/α,β-unsaturated/α-hetero) is 1. The number of allylic oxidation sites excluding steroid dienone is 2. The fourth-order valence-electron chi connectivity index (χ4n) is 4.08. The van der Waals surface area contributed by atoms with Crippen LogP contribution in [0, 0.1) is 6.92 Å². The van der Waals surface area contributed by atoms with Gasteiger partial charge in [-0.25, -0.2) is 4.79 Å². The van der Waals surface area contributed by atoms with Crippen LogP contribution in [0.1, 0.15) is 58.5 Å². The van der Waals surface area contributed by atoms with Gasteiger partial charge in [0.1, 0.15) is 6.10 Å². The first kappa shape index (κ1) is 23.5. The number of aryl methyl sites for hydroxylation is 1. The van der Waals surface area contributed by atoms with Gasteiger partial charge in [0.05, 0.1) is 12.5 Å². The van der Waals surface area contributed by atoms with E-state index in [-0.39, 0.29) is 5.78 Å². The quantitative estimate of drug-likeness (QED) is 0.497. The van der Waals surface area contributed by atoms with Crippen molar-refractivity contribution in [1.29, 1.82) is 0 Å². The minimum atomic E-state index is -0.691. The van der Waals surface area contributed by atoms with Crippen LogP contribution < -0.4 is 0 Å². The SMILES string of the molecule is C/C=C/CN(C/C=C/C)C(=O)OC1c2ccccc2C(=O)C1c1ccc(C)cc1COC. The zero-order valence-corrected chi connectivity index (χ0v) is 19.2. The lowest BCUT2D eigenvalue weighted by Crippen LogP contribution is -2.34. The van der Waals surface area contributed by atoms with Gasteiger partial charge in [-0.05, 0) is 31.9 Å². The summed E-state index contributed by atoms with van der Waals surface area (Å²) in [5.41, 5.74) is 4.20. The van der Waals surface area contributed by atoms with Crippen LogP contribution in [0.5, 0.6) is 0 Å². The van der Waals surface area contributed by atoms with Gasteiger partial charge in [-0.2, -0.15) is 0 Å². The van der Waals surface area contributed by atoms with E-state index in [0.29, 0.717) is 25.3 Å². The third-order valence-electron chi connectivity index (χ3n) is 5.66. The largest absolute Gasteiger partial charge is 0.440 e. The molecule has 0 aromatic heterocycles. The molecular weight excluding hydrogens is 402 g/mol. The molecule has 3 rings (SSSR count). The van der Waals surface area contributed by atoms with Gasteiger partial charge in [0.2, 0.25) is 0 Å². The number of carbonyl (C=O) groups excluding carboxylic acids is 2. The fourth-order valence-corrected chi connectivity index (χ4v) is 4.08. The Morgan fingerprint density at radius 2 is 1.72 bits per heavy atom. The van der Waals surface area contributed by atoms with Crippen molar-refractivity contribution in [2.24, 2.45) is 0 Å². The van der Waals surface area contributed by atoms with Gasteiger partial charge in [-0.1, -0.05) is 72.3 Å². The van der Waals surface area contributed by atoms with Crippen LogP contribution >= 0.6 is 0 Å². The molecule has 2 atom stereocenters. The highest BCUT2D eigenvalue weighted by Gasteiger charge is 2.44. The average Bonchev–Trinajstić information content (AvgIpc) is 3.06. The summed E-state index contributed by atoms with van der Waals surface area (Å²) >= 11 is 0. The number of carbonyl (C=O) groups is 2. The molecule has 5 heteroatoms. The highest BCUT2D eigenvalue weighted by molar-refractivity contribution is 6.06. The van der Waals surface area contributed by atoms with Crippen molar-refractivity contribution in [3.8, 4) is 0 Å². The van der Waals surface area contributed by atoms with Gasteiger partial charge in [-0.3, -0.25) is 4.79 Å². The Balaban J connectivity index is 2.01. The smallest absolute Gasteiger partial charge is 0.410 e. The van der Waals surface area contributed by atoms with Crippen molar-refractivity contribution in [1.82, 2.24) is 4.90 Å². The molecule has 0 saturated carbocycles. The van der Waals surface area contributed by atoms with Gasteiger partial charge in [0, 0.05) is 31.3 Å². The summed E-state index contributed by atoms with van der Waals surface area (Å²) in [6.07, 6.45) is 6.48. The lowest BCUT2D eigenvalue weighted by Gasteiger charge is -2.26. The Bertz CT molecular complexity index is 1010. The van der Waals surface area contributed by atoms with Crippen LogP contribution in [0.15, 0.2) is 66.8 Å². The Morgan fingerprint density at radius 3 is 2.38 bits per heavy atom. The van der Waals surface area contributed by atoms with E-state index in [1.165, 1.54) is 0 Å². The predicted octanol–water partition coefficient (Wildman–Crippen LogP) is 5.75. The number of amides is 1. The maximum atomic E-state index is 13.5. The summed E-state index contributed by atoms with van der Waals surface area (Å²) in [5.74, 6) is -0.638. The molecule has 0 spiro atoms. The molecule has 168 valence electrons. The summed E-state index contributed by atoms with van der Waals surface area (Å²) in [5, 5.41) is 0. The molecule has 1 aliphatic carbocycles. The molecule has 0 aliphatic heterocycles. The minimum Gasteiger partial charge on any atom is -0.440 e. The van der Waals surface area contributed by atoms with E-state index in [1.54, 1.807) is 18.1 Å². The molecule has 32 heavy (non-hydrogen) atoms. The van der Waals surface area contributed by atoms with Crippen LogP contribution in [-0.4, -0.2) is 37.0 Å². The number of nitrogens with zero attached hydrogens (tertiary/aromatic N) is 1. The van der Waals surface area contributed by atoms with E-state index >= 15 is 0 Å². The molecular formula is C27H31NO4. The standard InChI is InChI=1S/C27H31NO4/c1-5-7-15-28(16-8-6-2)27(30)32-26-23-12-10-9-11-22(23)25(29)24(26)21-14-13-19(3)17-20(21)18-31-4/h5-14,17,24,26H,15-16,18H2,1-4H3/b7-5+,8-6+. The van der Waals surface area contributed by atoms with Crippen LogP contribution in [0.25, 0.3) is 0 Å². The second-order valence-corrected chi connectivity index (χ2v) is 7.91. The highest BCUT2D eigenvalue weighted by Crippen LogP contribution is 2.46. The van der Waals surface area contributed by atoms with E-state index in [9.17, 15) is 9.59 Å². The molecule has 0 bridgehead atoms. The van der Waals surface area contributed by atoms with Crippen LogP contribution in [0.4, 0.5) is 4.79 Å². The fraction of sp³-hybridized carbons (Fsp3) is 0.333. The lowest BCUT2D eigenvalue weighted by atomic mass is 9.88. The van der Waals surface area contributed by atoms with Crippen LogP contribution in [-0.2, 0) is 16.1 Å². The predicted molar refractivity (Wildman–Crippen MR) is 126 cm³/mol. The van der Waals surface area contributed by atoms with Crippen molar-refractivity contribution in [3.63, 3.8) is 0 Å². The van der Waals surface area contributed by atoms with Crippen molar-refractivity contribution in [2.45, 2.75) is 39.4 Å². The summed E-state index contributed by atoms with van der Waals surface area (Å²) < 4.78 is 11.4. The van der Waals surface area contributed by atoms with E-state index in [1.807, 2.05) is 81.5 Å². The maximum absolute atomic E-state index is 13.5. The van der Waals surface area contributed by atoms with E-state index < -0.39 is 18.1 Å². The molecule has 2 aromatic rings. The second-order valence-electron chi connectivity index (χ2n) is 7.91. The Labute approximate surface area is 190 Å². The van der Waals surface area contributed by atoms with Gasteiger partial charge < -0.3 is 14.4 Å². The first-order valence-electron chi connectivity index (χ1n) is 10.9. The molecule has 1 amide bonds. The molecule has 0 radical (unpaired) electrons. The first-order valence-corrected chi connectivity index (χ1v) is 10.9. The molecule has 0 saturated heterocycles. The van der Waals surface area contributed by atoms with Crippen molar-refractivity contribution in [2.75, 3.05) is 20.2 Å². The van der Waals surface area contributed by atoms with Crippen molar-refractivity contribution in [3.05, 3.63) is 94.6 Å². The number of hydrogen-bond donors (Lipinski definition) is 0. The maximum Gasteiger partial charge on any atom is 0.410 e. The highest BCUT2D eigenvalue weighted by atomic mass is 16.6. The van der Waals surface area contributed by atoms with Crippen molar-refractivity contribution >= 4 is 11.9 Å². The molecule has 2 unspecified atom stereocenters. The van der Waals surface area contributed by atoms with Crippen LogP contribution in [0.3, 0.4) is 0 Å². The second kappa shape index (κ2) is 10.9. The average molecular weight is 434 g/mol. The number of hydrogen-bond acceptors (Lipinski definition) is 4. The molecule has 0 heterocycles. The molecule has 1 aliphatic rings. The van der Waals surface area contributed by atoms with E-state index in [4.69, 9.17) is 9.47 Å². The molecule has 5 nitrogen and oxygen atoms in total. The third-order valence-corrected chi connectivity index (χ3v) is 5.66. The summed E-state index contributed by atoms with van der Waals surface area (Å²) in [7, 11) is 1.63. The number of benzene rings is 2. The third kappa shape index (κ3) is 5.00. The van der Waals surface area contributed by atoms with Crippen molar-refractivity contribution < 1.29 is 19.1 Å². The van der Waals surface area contributed by atoms with Gasteiger partial charge in [0.25, 0.3) is 0 Å². The number of rotatable bonds is 8. The van der Waals surface area contributed by atoms with Gasteiger partial charge >= 0.3 is 6.09 Å². The Hall–Kier alpha value is -3.18. The summed E-state index contributed by atoms with van der Waals surface area (Å²) in [4.78, 5) is 28.3. The Morgan fingerprint density at radius 1 is 1.03 bits per heavy atom. The first-order chi connectivity index (χ1) is 15.5. The van der Waals surface area contributed by atoms with E-state index in [0.717, 1.165) is 22.3 Å². The Kier molecular flexibility index (Phi) is 8.01. The zero-order valence-electron chi connectivity index (χ0n) is 19.2. The number of methoxy groups -OCH3 is 1. The monoisotopic (exact) mass is 433 g/mol. The molecule has 2 aromatic carbocycles. The summed E-state index contributed by atoms with van der Waals surface area (Å²) in [6, 6.07) is 13.4. The lowest BCUT2D eigenvalue weighted by molar-refractivity contribution is 0.0554. The summed E-state index contributed by atoms with van der Waals surface area (Å²) in [6.45, 7) is 7.09. The van der Waals surface area contributed by atoms with Crippen LogP contribution in [0.2, 0.25) is 0 Å². The number of fused-ring (bicyclic) bond motifs is 1. The zero-order chi connectivity index (χ0) is 23.1. The normalized spacial score (nSPS) is 17.8. The topological polar surface area (TPSA) is 55.8 Å². The number of ether oxygens (including phenoxy) is 2. The molecule has 0 N–H and O–H groups in total. The van der Waals surface area contributed by atoms with E-state index in [2.05, 4.69) is 0 Å². The number of ketones is 1.